The fraction of sp³-hybridized carbons (Fsp3) is 0.316. The van der Waals surface area contributed by atoms with Gasteiger partial charge in [0.2, 0.25) is 5.91 Å². The molecule has 1 amide bonds. The Kier molecular flexibility index (Phi) is 5.21. The number of hydrogen-bond donors (Lipinski definition) is 1. The minimum atomic E-state index is -0.0747. The zero-order valence-electron chi connectivity index (χ0n) is 13.8. The Labute approximate surface area is 141 Å². The van der Waals surface area contributed by atoms with Crippen molar-refractivity contribution in [2.45, 2.75) is 18.9 Å². The molecule has 0 saturated carbocycles. The lowest BCUT2D eigenvalue weighted by molar-refractivity contribution is -0.117. The molecule has 1 saturated heterocycles. The minimum absolute atomic E-state index is 0.0747. The lowest BCUT2D eigenvalue weighted by atomic mass is 10.0. The summed E-state index contributed by atoms with van der Waals surface area (Å²) in [5.74, 6) is 1.47. The van der Waals surface area contributed by atoms with Crippen LogP contribution in [0.15, 0.2) is 53.2 Å². The number of anilines is 1. The van der Waals surface area contributed by atoms with E-state index in [1.165, 1.54) is 11.8 Å². The minimum Gasteiger partial charge on any atom is -0.497 e. The molecule has 5 nitrogen and oxygen atoms in total. The number of carbonyl (C=O) groups is 1. The maximum Gasteiger partial charge on any atom is 0.244 e. The smallest absolute Gasteiger partial charge is 0.244 e. The van der Waals surface area contributed by atoms with Crippen molar-refractivity contribution in [3.8, 4) is 5.75 Å². The zero-order valence-corrected chi connectivity index (χ0v) is 13.8. The van der Waals surface area contributed by atoms with Crippen LogP contribution in [0.2, 0.25) is 0 Å². The molecule has 0 bridgehead atoms. The predicted molar refractivity (Wildman–Crippen MR) is 94.1 cm³/mol. The number of nitrogens with zero attached hydrogens (tertiary/aromatic N) is 1. The van der Waals surface area contributed by atoms with E-state index in [1.54, 1.807) is 25.5 Å². The zero-order chi connectivity index (χ0) is 16.8. The number of benzene rings is 1. The van der Waals surface area contributed by atoms with Crippen molar-refractivity contribution in [1.29, 1.82) is 0 Å². The fourth-order valence-electron chi connectivity index (χ4n) is 2.87. The second kappa shape index (κ2) is 7.73. The van der Waals surface area contributed by atoms with Crippen LogP contribution in [0.3, 0.4) is 0 Å². The highest BCUT2D eigenvalue weighted by molar-refractivity contribution is 5.91. The van der Waals surface area contributed by atoms with Crippen LogP contribution >= 0.6 is 0 Å². The van der Waals surface area contributed by atoms with Gasteiger partial charge in [-0.05, 0) is 55.3 Å². The van der Waals surface area contributed by atoms with Gasteiger partial charge in [0.15, 0.2) is 0 Å². The van der Waals surface area contributed by atoms with E-state index in [0.29, 0.717) is 5.76 Å². The van der Waals surface area contributed by atoms with Crippen molar-refractivity contribution in [2.75, 3.05) is 25.1 Å². The molecule has 24 heavy (non-hydrogen) atoms. The topological polar surface area (TPSA) is 54.7 Å². The molecular formula is C19H22N2O3. The summed E-state index contributed by atoms with van der Waals surface area (Å²) >= 11 is 0. The fourth-order valence-corrected chi connectivity index (χ4v) is 2.87. The third-order valence-corrected chi connectivity index (χ3v) is 4.22. The first-order valence-electron chi connectivity index (χ1n) is 8.15. The van der Waals surface area contributed by atoms with Gasteiger partial charge in [-0.2, -0.15) is 0 Å². The van der Waals surface area contributed by atoms with Gasteiger partial charge < -0.3 is 19.4 Å². The van der Waals surface area contributed by atoms with Crippen LogP contribution in [-0.2, 0) is 4.79 Å². The Bertz CT molecular complexity index is 669. The predicted octanol–water partition coefficient (Wildman–Crippen LogP) is 3.09. The summed E-state index contributed by atoms with van der Waals surface area (Å²) in [6, 6.07) is 11.9. The maximum absolute atomic E-state index is 12.0. The Morgan fingerprint density at radius 2 is 2.00 bits per heavy atom. The monoisotopic (exact) mass is 326 g/mol. The first-order chi connectivity index (χ1) is 11.7. The van der Waals surface area contributed by atoms with Crippen molar-refractivity contribution >= 4 is 17.7 Å². The van der Waals surface area contributed by atoms with Crippen molar-refractivity contribution in [3.63, 3.8) is 0 Å². The Morgan fingerprint density at radius 3 is 2.62 bits per heavy atom. The standard InChI is InChI=1S/C19H22N2O3/c1-23-17-6-4-16(5-7-17)21-12-10-15(11-13-21)20-19(22)9-8-18-3-2-14-24-18/h2-9,14-15H,10-13H2,1H3,(H,20,22)/b9-8-. The van der Waals surface area contributed by atoms with E-state index in [2.05, 4.69) is 22.3 Å². The number of piperidine rings is 1. The van der Waals surface area contributed by atoms with E-state index in [0.717, 1.165) is 31.7 Å². The number of amides is 1. The number of ether oxygens (including phenoxy) is 1. The molecule has 0 aliphatic carbocycles. The van der Waals surface area contributed by atoms with E-state index in [9.17, 15) is 4.79 Å². The summed E-state index contributed by atoms with van der Waals surface area (Å²) in [5, 5.41) is 3.06. The van der Waals surface area contributed by atoms with Gasteiger partial charge in [0, 0.05) is 30.9 Å². The van der Waals surface area contributed by atoms with E-state index in [4.69, 9.17) is 9.15 Å². The molecule has 1 N–H and O–H groups in total. The third kappa shape index (κ3) is 4.19. The molecule has 1 fully saturated rings. The van der Waals surface area contributed by atoms with Crippen molar-refractivity contribution in [2.24, 2.45) is 0 Å². The van der Waals surface area contributed by atoms with Crippen LogP contribution in [0.1, 0.15) is 18.6 Å². The van der Waals surface area contributed by atoms with Crippen LogP contribution in [0.5, 0.6) is 5.75 Å². The van der Waals surface area contributed by atoms with Gasteiger partial charge in [0.1, 0.15) is 11.5 Å². The van der Waals surface area contributed by atoms with Crippen LogP contribution in [-0.4, -0.2) is 32.1 Å². The molecule has 0 radical (unpaired) electrons. The molecule has 0 spiro atoms. The van der Waals surface area contributed by atoms with Gasteiger partial charge in [-0.25, -0.2) is 0 Å². The summed E-state index contributed by atoms with van der Waals surface area (Å²) in [4.78, 5) is 14.3. The lowest BCUT2D eigenvalue weighted by Gasteiger charge is -2.33. The summed E-state index contributed by atoms with van der Waals surface area (Å²) in [7, 11) is 1.67. The number of methoxy groups -OCH3 is 1. The Hall–Kier alpha value is -2.69. The molecule has 0 atom stereocenters. The van der Waals surface area contributed by atoms with Crippen LogP contribution in [0.25, 0.3) is 6.08 Å². The number of rotatable bonds is 5. The normalized spacial score (nSPS) is 15.6. The van der Waals surface area contributed by atoms with Gasteiger partial charge in [-0.15, -0.1) is 0 Å². The lowest BCUT2D eigenvalue weighted by Crippen LogP contribution is -2.44. The second-order valence-electron chi connectivity index (χ2n) is 5.82. The number of nitrogens with one attached hydrogen (secondary N) is 1. The summed E-state index contributed by atoms with van der Waals surface area (Å²) in [6.07, 6.45) is 6.67. The van der Waals surface area contributed by atoms with Crippen molar-refractivity contribution < 1.29 is 13.9 Å². The quantitative estimate of drug-likeness (QED) is 0.858. The largest absolute Gasteiger partial charge is 0.497 e. The summed E-state index contributed by atoms with van der Waals surface area (Å²) in [5.41, 5.74) is 1.19. The highest BCUT2D eigenvalue weighted by atomic mass is 16.5. The summed E-state index contributed by atoms with van der Waals surface area (Å²) in [6.45, 7) is 1.86. The van der Waals surface area contributed by atoms with Gasteiger partial charge in [0.25, 0.3) is 0 Å². The van der Waals surface area contributed by atoms with Gasteiger partial charge in [-0.1, -0.05) is 0 Å². The number of carbonyl (C=O) groups excluding carboxylic acids is 1. The Balaban J connectivity index is 1.47. The molecule has 2 heterocycles. The van der Waals surface area contributed by atoms with Crippen LogP contribution in [0.4, 0.5) is 5.69 Å². The van der Waals surface area contributed by atoms with Gasteiger partial charge >= 0.3 is 0 Å². The molecule has 0 unspecified atom stereocenters. The van der Waals surface area contributed by atoms with Crippen molar-refractivity contribution in [1.82, 2.24) is 5.32 Å². The van der Waals surface area contributed by atoms with E-state index >= 15 is 0 Å². The first kappa shape index (κ1) is 16.2. The van der Waals surface area contributed by atoms with E-state index in [-0.39, 0.29) is 11.9 Å². The molecule has 126 valence electrons. The van der Waals surface area contributed by atoms with Crippen LogP contribution in [0, 0.1) is 0 Å². The molecule has 1 aliphatic heterocycles. The van der Waals surface area contributed by atoms with E-state index < -0.39 is 0 Å². The number of furan rings is 1. The average molecular weight is 326 g/mol. The molecule has 2 aromatic rings. The molecule has 1 aromatic carbocycles. The average Bonchev–Trinajstić information content (AvgIpc) is 3.14. The van der Waals surface area contributed by atoms with E-state index in [1.807, 2.05) is 18.2 Å². The van der Waals surface area contributed by atoms with Crippen molar-refractivity contribution in [3.05, 3.63) is 54.5 Å². The van der Waals surface area contributed by atoms with Gasteiger partial charge in [0.05, 0.1) is 13.4 Å². The Morgan fingerprint density at radius 1 is 1.25 bits per heavy atom. The summed E-state index contributed by atoms with van der Waals surface area (Å²) < 4.78 is 10.4. The molecular weight excluding hydrogens is 304 g/mol. The van der Waals surface area contributed by atoms with Crippen LogP contribution < -0.4 is 15.0 Å². The van der Waals surface area contributed by atoms with Gasteiger partial charge in [-0.3, -0.25) is 4.79 Å². The SMILES string of the molecule is COc1ccc(N2CCC(NC(=O)/C=C\c3ccco3)CC2)cc1. The highest BCUT2D eigenvalue weighted by Crippen LogP contribution is 2.22. The molecule has 3 rings (SSSR count). The highest BCUT2D eigenvalue weighted by Gasteiger charge is 2.20. The molecule has 5 heteroatoms. The second-order valence-corrected chi connectivity index (χ2v) is 5.82. The molecule has 1 aromatic heterocycles. The number of hydrogen-bond acceptors (Lipinski definition) is 4. The third-order valence-electron chi connectivity index (χ3n) is 4.22. The maximum atomic E-state index is 12.0. The first-order valence-corrected chi connectivity index (χ1v) is 8.15. The molecule has 1 aliphatic rings.